The third-order valence-electron chi connectivity index (χ3n) is 3.86. The first-order chi connectivity index (χ1) is 8.55. The molecule has 1 aromatic rings. The summed E-state index contributed by atoms with van der Waals surface area (Å²) in [5, 5.41) is 0. The van der Waals surface area contributed by atoms with Gasteiger partial charge in [-0.25, -0.2) is 4.39 Å². The quantitative estimate of drug-likeness (QED) is 0.755. The second kappa shape index (κ2) is 5.17. The molecular weight excluding hydrogens is 229 g/mol. The molecule has 18 heavy (non-hydrogen) atoms. The van der Waals surface area contributed by atoms with Crippen LogP contribution in [0.1, 0.15) is 56.3 Å². The van der Waals surface area contributed by atoms with Crippen molar-refractivity contribution < 1.29 is 9.18 Å². The van der Waals surface area contributed by atoms with E-state index in [2.05, 4.69) is 18.8 Å². The van der Waals surface area contributed by atoms with Crippen LogP contribution in [-0.2, 0) is 0 Å². The van der Waals surface area contributed by atoms with E-state index in [4.69, 9.17) is 0 Å². The van der Waals surface area contributed by atoms with Crippen LogP contribution >= 0.6 is 0 Å². The minimum atomic E-state index is -0.488. The number of ketones is 1. The zero-order valence-electron chi connectivity index (χ0n) is 11.1. The molecule has 0 N–H and O–H groups in total. The molecule has 1 heterocycles. The van der Waals surface area contributed by atoms with Crippen LogP contribution in [0.3, 0.4) is 0 Å². The Morgan fingerprint density at radius 2 is 2.11 bits per heavy atom. The van der Waals surface area contributed by atoms with Gasteiger partial charge in [-0.05, 0) is 31.2 Å². The average molecular weight is 249 g/mol. The number of Topliss-reactive ketones (excluding diaryl/α,β-unsaturated/α-hetero) is 1. The highest BCUT2D eigenvalue weighted by Gasteiger charge is 2.42. The molecule has 0 saturated heterocycles. The van der Waals surface area contributed by atoms with Crippen molar-refractivity contribution in [1.82, 2.24) is 4.98 Å². The summed E-state index contributed by atoms with van der Waals surface area (Å²) in [7, 11) is 0. The second-order valence-electron chi connectivity index (χ2n) is 5.77. The van der Waals surface area contributed by atoms with E-state index in [9.17, 15) is 9.18 Å². The smallest absolute Gasteiger partial charge is 0.172 e. The highest BCUT2D eigenvalue weighted by molar-refractivity contribution is 6.00. The minimum absolute atomic E-state index is 0.0198. The SMILES string of the molecule is CC(C)CC1(C(=O)c2ccncc2F)CCCC1. The predicted octanol–water partition coefficient (Wildman–Crippen LogP) is 4.01. The van der Waals surface area contributed by atoms with Crippen LogP contribution in [0.5, 0.6) is 0 Å². The lowest BCUT2D eigenvalue weighted by molar-refractivity contribution is 0.0755. The number of hydrogen-bond donors (Lipinski definition) is 0. The summed E-state index contributed by atoms with van der Waals surface area (Å²) in [6.45, 7) is 4.24. The number of pyridine rings is 1. The Kier molecular flexibility index (Phi) is 3.79. The van der Waals surface area contributed by atoms with Gasteiger partial charge in [0.25, 0.3) is 0 Å². The fraction of sp³-hybridized carbons (Fsp3) is 0.600. The van der Waals surface area contributed by atoms with E-state index in [1.807, 2.05) is 0 Å². The number of rotatable bonds is 4. The van der Waals surface area contributed by atoms with E-state index in [-0.39, 0.29) is 16.8 Å². The summed E-state index contributed by atoms with van der Waals surface area (Å²) in [6, 6.07) is 1.51. The van der Waals surface area contributed by atoms with Crippen LogP contribution in [0, 0.1) is 17.2 Å². The second-order valence-corrected chi connectivity index (χ2v) is 5.77. The number of nitrogens with zero attached hydrogens (tertiary/aromatic N) is 1. The average Bonchev–Trinajstić information content (AvgIpc) is 2.77. The van der Waals surface area contributed by atoms with Gasteiger partial charge in [-0.15, -0.1) is 0 Å². The van der Waals surface area contributed by atoms with E-state index in [0.717, 1.165) is 38.3 Å². The van der Waals surface area contributed by atoms with Gasteiger partial charge >= 0.3 is 0 Å². The first-order valence-electron chi connectivity index (χ1n) is 6.69. The van der Waals surface area contributed by atoms with Crippen LogP contribution in [-0.4, -0.2) is 10.8 Å². The van der Waals surface area contributed by atoms with Crippen LogP contribution in [0.15, 0.2) is 18.5 Å². The third-order valence-corrected chi connectivity index (χ3v) is 3.86. The first-order valence-corrected chi connectivity index (χ1v) is 6.69. The van der Waals surface area contributed by atoms with Gasteiger partial charge in [0.15, 0.2) is 11.6 Å². The van der Waals surface area contributed by atoms with Gasteiger partial charge < -0.3 is 0 Å². The van der Waals surface area contributed by atoms with Crippen molar-refractivity contribution in [1.29, 1.82) is 0 Å². The van der Waals surface area contributed by atoms with Gasteiger partial charge in [0.2, 0.25) is 0 Å². The van der Waals surface area contributed by atoms with E-state index >= 15 is 0 Å². The molecule has 0 radical (unpaired) electrons. The molecule has 2 nitrogen and oxygen atoms in total. The molecule has 0 bridgehead atoms. The molecule has 1 aliphatic carbocycles. The fourth-order valence-electron chi connectivity index (χ4n) is 3.20. The van der Waals surface area contributed by atoms with Crippen molar-refractivity contribution >= 4 is 5.78 Å². The maximum absolute atomic E-state index is 13.7. The fourth-order valence-corrected chi connectivity index (χ4v) is 3.20. The molecule has 3 heteroatoms. The molecule has 0 aromatic carbocycles. The monoisotopic (exact) mass is 249 g/mol. The molecule has 0 aliphatic heterocycles. The van der Waals surface area contributed by atoms with Crippen molar-refractivity contribution in [2.45, 2.75) is 46.0 Å². The summed E-state index contributed by atoms with van der Waals surface area (Å²) in [4.78, 5) is 16.4. The molecule has 0 spiro atoms. The minimum Gasteiger partial charge on any atom is -0.293 e. The zero-order valence-corrected chi connectivity index (χ0v) is 11.1. The maximum Gasteiger partial charge on any atom is 0.172 e. The Morgan fingerprint density at radius 3 is 2.67 bits per heavy atom. The lowest BCUT2D eigenvalue weighted by Crippen LogP contribution is -2.30. The van der Waals surface area contributed by atoms with Gasteiger partial charge in [-0.1, -0.05) is 26.7 Å². The van der Waals surface area contributed by atoms with Crippen molar-refractivity contribution in [2.75, 3.05) is 0 Å². The van der Waals surface area contributed by atoms with Crippen LogP contribution in [0.25, 0.3) is 0 Å². The molecule has 1 aliphatic rings. The Morgan fingerprint density at radius 1 is 1.44 bits per heavy atom. The predicted molar refractivity (Wildman–Crippen MR) is 68.9 cm³/mol. The molecule has 2 rings (SSSR count). The number of carbonyl (C=O) groups excluding carboxylic acids is 1. The topological polar surface area (TPSA) is 30.0 Å². The molecule has 1 fully saturated rings. The first kappa shape index (κ1) is 13.2. The van der Waals surface area contributed by atoms with Crippen molar-refractivity contribution in [3.8, 4) is 0 Å². The molecule has 98 valence electrons. The largest absolute Gasteiger partial charge is 0.293 e. The highest BCUT2D eigenvalue weighted by atomic mass is 19.1. The highest BCUT2D eigenvalue weighted by Crippen LogP contribution is 2.45. The standard InChI is InChI=1S/C15H20FNO/c1-11(2)9-15(6-3-4-7-15)14(18)12-5-8-17-10-13(12)16/h5,8,10-11H,3-4,6-7,9H2,1-2H3. The van der Waals surface area contributed by atoms with Gasteiger partial charge in [0, 0.05) is 11.6 Å². The van der Waals surface area contributed by atoms with E-state index in [1.54, 1.807) is 0 Å². The van der Waals surface area contributed by atoms with Crippen molar-refractivity contribution in [3.05, 3.63) is 29.8 Å². The number of aromatic nitrogens is 1. The molecule has 1 saturated carbocycles. The summed E-state index contributed by atoms with van der Waals surface area (Å²) in [6.07, 6.45) is 7.42. The summed E-state index contributed by atoms with van der Waals surface area (Å²) < 4.78 is 13.7. The van der Waals surface area contributed by atoms with Gasteiger partial charge in [0.05, 0.1) is 11.8 Å². The molecular formula is C15H20FNO. The maximum atomic E-state index is 13.7. The molecule has 1 aromatic heterocycles. The Balaban J connectivity index is 2.32. The molecule has 0 amide bonds. The molecule has 0 atom stereocenters. The number of carbonyl (C=O) groups is 1. The van der Waals surface area contributed by atoms with E-state index in [0.29, 0.717) is 5.92 Å². The van der Waals surface area contributed by atoms with E-state index in [1.165, 1.54) is 12.3 Å². The van der Waals surface area contributed by atoms with Crippen molar-refractivity contribution in [2.24, 2.45) is 11.3 Å². The number of hydrogen-bond acceptors (Lipinski definition) is 2. The molecule has 0 unspecified atom stereocenters. The van der Waals surface area contributed by atoms with E-state index < -0.39 is 5.82 Å². The lowest BCUT2D eigenvalue weighted by Gasteiger charge is -2.29. The number of halogens is 1. The Bertz CT molecular complexity index is 436. The summed E-state index contributed by atoms with van der Waals surface area (Å²) >= 11 is 0. The van der Waals surface area contributed by atoms with Crippen LogP contribution < -0.4 is 0 Å². The summed E-state index contributed by atoms with van der Waals surface area (Å²) in [5.41, 5.74) is -0.122. The van der Waals surface area contributed by atoms with Gasteiger partial charge in [-0.3, -0.25) is 9.78 Å². The lowest BCUT2D eigenvalue weighted by atomic mass is 9.73. The van der Waals surface area contributed by atoms with Gasteiger partial charge in [0.1, 0.15) is 0 Å². The Labute approximate surface area is 108 Å². The summed E-state index contributed by atoms with van der Waals surface area (Å²) in [5.74, 6) is -0.0527. The van der Waals surface area contributed by atoms with Crippen molar-refractivity contribution in [3.63, 3.8) is 0 Å². The van der Waals surface area contributed by atoms with Crippen LogP contribution in [0.2, 0.25) is 0 Å². The zero-order chi connectivity index (χ0) is 13.2. The Hall–Kier alpha value is -1.25. The van der Waals surface area contributed by atoms with Crippen LogP contribution in [0.4, 0.5) is 4.39 Å². The normalized spacial score (nSPS) is 18.2. The van der Waals surface area contributed by atoms with Gasteiger partial charge in [-0.2, -0.15) is 0 Å². The third kappa shape index (κ3) is 2.45.